The van der Waals surface area contributed by atoms with Gasteiger partial charge in [-0.15, -0.1) is 0 Å². The first kappa shape index (κ1) is 11.5. The van der Waals surface area contributed by atoms with Crippen molar-refractivity contribution in [3.63, 3.8) is 0 Å². The van der Waals surface area contributed by atoms with Crippen LogP contribution in [0.2, 0.25) is 0 Å². The zero-order valence-corrected chi connectivity index (χ0v) is 9.11. The Labute approximate surface area is 96.8 Å². The van der Waals surface area contributed by atoms with Gasteiger partial charge in [0.25, 0.3) is 0 Å². The quantitative estimate of drug-likeness (QED) is 0.590. The van der Waals surface area contributed by atoms with Crippen LogP contribution in [0.15, 0.2) is 42.5 Å². The molecule has 0 heterocycles. The Balaban J connectivity index is 2.29. The van der Waals surface area contributed by atoms with E-state index in [1.54, 1.807) is 12.1 Å². The lowest BCUT2D eigenvalue weighted by Gasteiger charge is -2.10. The maximum absolute atomic E-state index is 12.6. The number of hydrogen-bond acceptors (Lipinski definition) is 2. The van der Waals surface area contributed by atoms with E-state index in [4.69, 9.17) is 0 Å². The molecule has 0 saturated carbocycles. The first-order valence-corrected chi connectivity index (χ1v) is 5.06. The van der Waals surface area contributed by atoms with Gasteiger partial charge in [0.05, 0.1) is 0 Å². The summed E-state index contributed by atoms with van der Waals surface area (Å²) in [6.07, 6.45) is 0. The van der Waals surface area contributed by atoms with Crippen molar-refractivity contribution < 1.29 is 18.3 Å². The standard InChI is InChI=1S/C13H10F2O2/c1-13(14,15)12(16)17-11-7-6-9-4-2-3-5-10(9)8-11/h2-8H,1H3. The minimum atomic E-state index is -3.48. The number of benzene rings is 2. The summed E-state index contributed by atoms with van der Waals surface area (Å²) in [5.74, 6) is -4.91. The Hall–Kier alpha value is -1.97. The normalized spacial score (nSPS) is 11.5. The van der Waals surface area contributed by atoms with Gasteiger partial charge in [0, 0.05) is 6.92 Å². The molecule has 2 nitrogen and oxygen atoms in total. The van der Waals surface area contributed by atoms with E-state index in [-0.39, 0.29) is 5.75 Å². The largest absolute Gasteiger partial charge is 0.422 e. The molecule has 0 aliphatic rings. The van der Waals surface area contributed by atoms with Crippen LogP contribution in [-0.4, -0.2) is 11.9 Å². The molecule has 0 saturated heterocycles. The van der Waals surface area contributed by atoms with E-state index in [9.17, 15) is 13.6 Å². The number of fused-ring (bicyclic) bond motifs is 1. The van der Waals surface area contributed by atoms with Gasteiger partial charge in [0.2, 0.25) is 0 Å². The fourth-order valence-electron chi connectivity index (χ4n) is 1.43. The molecule has 2 rings (SSSR count). The third kappa shape index (κ3) is 2.58. The Bertz CT molecular complexity index is 559. The molecule has 17 heavy (non-hydrogen) atoms. The van der Waals surface area contributed by atoms with Gasteiger partial charge in [-0.25, -0.2) is 4.79 Å². The minimum Gasteiger partial charge on any atom is -0.422 e. The van der Waals surface area contributed by atoms with Crippen molar-refractivity contribution in [2.75, 3.05) is 0 Å². The lowest BCUT2D eigenvalue weighted by atomic mass is 10.1. The molecule has 0 atom stereocenters. The molecule has 0 radical (unpaired) electrons. The monoisotopic (exact) mass is 236 g/mol. The lowest BCUT2D eigenvalue weighted by molar-refractivity contribution is -0.158. The molecule has 0 N–H and O–H groups in total. The van der Waals surface area contributed by atoms with Crippen LogP contribution >= 0.6 is 0 Å². The number of carbonyl (C=O) groups is 1. The highest BCUT2D eigenvalue weighted by atomic mass is 19.3. The maximum atomic E-state index is 12.6. The molecule has 88 valence electrons. The predicted molar refractivity (Wildman–Crippen MR) is 60.2 cm³/mol. The van der Waals surface area contributed by atoms with Crippen LogP contribution in [0.1, 0.15) is 6.92 Å². The molecule has 0 spiro atoms. The summed E-state index contributed by atoms with van der Waals surface area (Å²) in [5, 5.41) is 1.78. The van der Waals surface area contributed by atoms with Crippen molar-refractivity contribution in [1.29, 1.82) is 0 Å². The Morgan fingerprint density at radius 2 is 1.76 bits per heavy atom. The molecule has 2 aromatic carbocycles. The second kappa shape index (κ2) is 4.13. The zero-order chi connectivity index (χ0) is 12.5. The summed E-state index contributed by atoms with van der Waals surface area (Å²) in [6.45, 7) is 0.510. The van der Waals surface area contributed by atoms with Gasteiger partial charge in [-0.2, -0.15) is 8.78 Å². The molecule has 0 unspecified atom stereocenters. The molecule has 2 aromatic rings. The third-order valence-corrected chi connectivity index (χ3v) is 2.29. The number of ether oxygens (including phenoxy) is 1. The fraction of sp³-hybridized carbons (Fsp3) is 0.154. The van der Waals surface area contributed by atoms with Crippen LogP contribution in [0.5, 0.6) is 5.75 Å². The third-order valence-electron chi connectivity index (χ3n) is 2.29. The van der Waals surface area contributed by atoms with E-state index in [0.29, 0.717) is 6.92 Å². The van der Waals surface area contributed by atoms with Crippen molar-refractivity contribution in [1.82, 2.24) is 0 Å². The van der Waals surface area contributed by atoms with E-state index in [1.807, 2.05) is 24.3 Å². The Morgan fingerprint density at radius 1 is 1.12 bits per heavy atom. The second-order valence-electron chi connectivity index (χ2n) is 3.79. The highest BCUT2D eigenvalue weighted by Crippen LogP contribution is 2.23. The molecular formula is C13H10F2O2. The maximum Gasteiger partial charge on any atom is 0.382 e. The first-order chi connectivity index (χ1) is 7.97. The number of rotatable bonds is 2. The van der Waals surface area contributed by atoms with Crippen LogP contribution in [-0.2, 0) is 4.79 Å². The van der Waals surface area contributed by atoms with Gasteiger partial charge in [0.1, 0.15) is 5.75 Å². The summed E-state index contributed by atoms with van der Waals surface area (Å²) < 4.78 is 29.9. The minimum absolute atomic E-state index is 0.121. The molecule has 0 aromatic heterocycles. The summed E-state index contributed by atoms with van der Waals surface area (Å²) >= 11 is 0. The van der Waals surface area contributed by atoms with Crippen molar-refractivity contribution in [3.05, 3.63) is 42.5 Å². The van der Waals surface area contributed by atoms with Gasteiger partial charge < -0.3 is 4.74 Å². The highest BCUT2D eigenvalue weighted by molar-refractivity contribution is 5.85. The van der Waals surface area contributed by atoms with Crippen LogP contribution < -0.4 is 4.74 Å². The summed E-state index contributed by atoms with van der Waals surface area (Å²) in [4.78, 5) is 11.0. The topological polar surface area (TPSA) is 26.3 Å². The summed E-state index contributed by atoms with van der Waals surface area (Å²) in [7, 11) is 0. The van der Waals surface area contributed by atoms with Crippen LogP contribution in [0, 0.1) is 0 Å². The predicted octanol–water partition coefficient (Wildman–Crippen LogP) is 3.40. The van der Waals surface area contributed by atoms with Gasteiger partial charge in [-0.1, -0.05) is 30.3 Å². The lowest BCUT2D eigenvalue weighted by Crippen LogP contribution is -2.29. The zero-order valence-electron chi connectivity index (χ0n) is 9.11. The molecule has 0 aliphatic carbocycles. The smallest absolute Gasteiger partial charge is 0.382 e. The van der Waals surface area contributed by atoms with Crippen molar-refractivity contribution >= 4 is 16.7 Å². The molecule has 0 aliphatic heterocycles. The van der Waals surface area contributed by atoms with E-state index < -0.39 is 11.9 Å². The van der Waals surface area contributed by atoms with Gasteiger partial charge in [-0.3, -0.25) is 0 Å². The molecule has 0 fully saturated rings. The molecule has 4 heteroatoms. The highest BCUT2D eigenvalue weighted by Gasteiger charge is 2.34. The van der Waals surface area contributed by atoms with E-state index in [0.717, 1.165) is 10.8 Å². The SMILES string of the molecule is CC(F)(F)C(=O)Oc1ccc2ccccc2c1. The van der Waals surface area contributed by atoms with Gasteiger partial charge in [0.15, 0.2) is 0 Å². The van der Waals surface area contributed by atoms with Crippen molar-refractivity contribution in [2.24, 2.45) is 0 Å². The number of carbonyl (C=O) groups excluding carboxylic acids is 1. The first-order valence-electron chi connectivity index (χ1n) is 5.06. The summed E-state index contributed by atoms with van der Waals surface area (Å²) in [6, 6.07) is 12.2. The molecule has 0 bridgehead atoms. The fourth-order valence-corrected chi connectivity index (χ4v) is 1.43. The second-order valence-corrected chi connectivity index (χ2v) is 3.79. The van der Waals surface area contributed by atoms with E-state index in [2.05, 4.69) is 4.74 Å². The van der Waals surface area contributed by atoms with Crippen LogP contribution in [0.4, 0.5) is 8.78 Å². The Kier molecular flexibility index (Phi) is 2.79. The van der Waals surface area contributed by atoms with Crippen molar-refractivity contribution in [2.45, 2.75) is 12.8 Å². The number of hydrogen-bond donors (Lipinski definition) is 0. The van der Waals surface area contributed by atoms with Gasteiger partial charge in [-0.05, 0) is 22.9 Å². The number of alkyl halides is 2. The summed E-state index contributed by atoms with van der Waals surface area (Å²) in [5.41, 5.74) is 0. The molecular weight excluding hydrogens is 226 g/mol. The van der Waals surface area contributed by atoms with Crippen LogP contribution in [0.3, 0.4) is 0 Å². The van der Waals surface area contributed by atoms with E-state index in [1.165, 1.54) is 6.07 Å². The van der Waals surface area contributed by atoms with Crippen molar-refractivity contribution in [3.8, 4) is 5.75 Å². The average molecular weight is 236 g/mol. The average Bonchev–Trinajstić information content (AvgIpc) is 2.27. The van der Waals surface area contributed by atoms with E-state index >= 15 is 0 Å². The molecule has 0 amide bonds. The number of esters is 1. The van der Waals surface area contributed by atoms with Crippen LogP contribution in [0.25, 0.3) is 10.8 Å². The number of halogens is 2. The Morgan fingerprint density at radius 3 is 2.41 bits per heavy atom. The van der Waals surface area contributed by atoms with Gasteiger partial charge >= 0.3 is 11.9 Å².